The van der Waals surface area contributed by atoms with Crippen LogP contribution in [0.15, 0.2) is 42.6 Å². The molecule has 0 bridgehead atoms. The van der Waals surface area contributed by atoms with Gasteiger partial charge in [-0.15, -0.1) is 0 Å². The van der Waals surface area contributed by atoms with E-state index in [9.17, 15) is 0 Å². The van der Waals surface area contributed by atoms with Crippen molar-refractivity contribution in [2.75, 3.05) is 0 Å². The van der Waals surface area contributed by atoms with Crippen LogP contribution >= 0.6 is 0 Å². The predicted octanol–water partition coefficient (Wildman–Crippen LogP) is 2.16. The molecule has 15 heavy (non-hydrogen) atoms. The standard InChI is InChI=1S/C12H13N3/c1-9(13)10-4-2-5-11(8-10)12-6-3-7-14-15-12/h2-9H,13H2,1H3. The Morgan fingerprint density at radius 3 is 2.73 bits per heavy atom. The van der Waals surface area contributed by atoms with Crippen LogP contribution in [0.3, 0.4) is 0 Å². The maximum Gasteiger partial charge on any atom is 0.0929 e. The Morgan fingerprint density at radius 2 is 2.07 bits per heavy atom. The van der Waals surface area contributed by atoms with Gasteiger partial charge in [-0.2, -0.15) is 10.2 Å². The van der Waals surface area contributed by atoms with Gasteiger partial charge in [0.05, 0.1) is 5.69 Å². The van der Waals surface area contributed by atoms with E-state index in [0.29, 0.717) is 0 Å². The molecule has 0 saturated heterocycles. The Hall–Kier alpha value is -1.74. The second kappa shape index (κ2) is 4.19. The topological polar surface area (TPSA) is 51.8 Å². The lowest BCUT2D eigenvalue weighted by Gasteiger charge is -2.07. The van der Waals surface area contributed by atoms with Gasteiger partial charge in [0.1, 0.15) is 0 Å². The van der Waals surface area contributed by atoms with Gasteiger partial charge in [-0.3, -0.25) is 0 Å². The van der Waals surface area contributed by atoms with Crippen molar-refractivity contribution >= 4 is 0 Å². The van der Waals surface area contributed by atoms with Gasteiger partial charge in [-0.25, -0.2) is 0 Å². The highest BCUT2D eigenvalue weighted by Crippen LogP contribution is 2.19. The third-order valence-corrected chi connectivity index (χ3v) is 2.28. The molecule has 0 aliphatic heterocycles. The van der Waals surface area contributed by atoms with Gasteiger partial charge in [-0.05, 0) is 30.7 Å². The zero-order chi connectivity index (χ0) is 10.7. The highest BCUT2D eigenvalue weighted by atomic mass is 15.1. The van der Waals surface area contributed by atoms with Crippen LogP contribution in [-0.4, -0.2) is 10.2 Å². The number of benzene rings is 1. The normalized spacial score (nSPS) is 12.4. The Labute approximate surface area is 89.0 Å². The van der Waals surface area contributed by atoms with Gasteiger partial charge in [0.2, 0.25) is 0 Å². The zero-order valence-corrected chi connectivity index (χ0v) is 8.59. The lowest BCUT2D eigenvalue weighted by atomic mass is 10.0. The van der Waals surface area contributed by atoms with E-state index >= 15 is 0 Å². The third kappa shape index (κ3) is 2.19. The van der Waals surface area contributed by atoms with Crippen molar-refractivity contribution in [3.63, 3.8) is 0 Å². The van der Waals surface area contributed by atoms with E-state index < -0.39 is 0 Å². The number of aromatic nitrogens is 2. The summed E-state index contributed by atoms with van der Waals surface area (Å²) in [7, 11) is 0. The molecule has 76 valence electrons. The molecule has 3 heteroatoms. The highest BCUT2D eigenvalue weighted by molar-refractivity contribution is 5.59. The SMILES string of the molecule is CC(N)c1cccc(-c2cccnn2)c1. The minimum Gasteiger partial charge on any atom is -0.324 e. The largest absolute Gasteiger partial charge is 0.324 e. The van der Waals surface area contributed by atoms with Crippen molar-refractivity contribution in [1.82, 2.24) is 10.2 Å². The van der Waals surface area contributed by atoms with Crippen molar-refractivity contribution in [2.45, 2.75) is 13.0 Å². The lowest BCUT2D eigenvalue weighted by Crippen LogP contribution is -2.04. The fourth-order valence-corrected chi connectivity index (χ4v) is 1.44. The van der Waals surface area contributed by atoms with Crippen LogP contribution in [0, 0.1) is 0 Å². The van der Waals surface area contributed by atoms with Crippen LogP contribution in [0.1, 0.15) is 18.5 Å². The second-order valence-corrected chi connectivity index (χ2v) is 3.52. The fourth-order valence-electron chi connectivity index (χ4n) is 1.44. The molecule has 1 unspecified atom stereocenters. The molecular weight excluding hydrogens is 186 g/mol. The highest BCUT2D eigenvalue weighted by Gasteiger charge is 2.02. The maximum atomic E-state index is 5.82. The van der Waals surface area contributed by atoms with Crippen LogP contribution < -0.4 is 5.73 Å². The van der Waals surface area contributed by atoms with Gasteiger partial charge < -0.3 is 5.73 Å². The van der Waals surface area contributed by atoms with Crippen LogP contribution in [-0.2, 0) is 0 Å². The molecular formula is C12H13N3. The summed E-state index contributed by atoms with van der Waals surface area (Å²) in [6.07, 6.45) is 1.67. The van der Waals surface area contributed by atoms with E-state index in [0.717, 1.165) is 16.8 Å². The van der Waals surface area contributed by atoms with Crippen LogP contribution in [0.25, 0.3) is 11.3 Å². The zero-order valence-electron chi connectivity index (χ0n) is 8.59. The quantitative estimate of drug-likeness (QED) is 0.806. The van der Waals surface area contributed by atoms with Crippen molar-refractivity contribution in [2.24, 2.45) is 5.73 Å². The molecule has 3 nitrogen and oxygen atoms in total. The molecule has 0 fully saturated rings. The first-order valence-electron chi connectivity index (χ1n) is 4.91. The van der Waals surface area contributed by atoms with Crippen molar-refractivity contribution in [3.05, 3.63) is 48.2 Å². The molecule has 2 aromatic rings. The van der Waals surface area contributed by atoms with Crippen LogP contribution in [0.2, 0.25) is 0 Å². The first-order chi connectivity index (χ1) is 7.27. The first kappa shape index (κ1) is 9.80. The molecule has 0 spiro atoms. The number of rotatable bonds is 2. The summed E-state index contributed by atoms with van der Waals surface area (Å²) >= 11 is 0. The molecule has 0 aliphatic rings. The lowest BCUT2D eigenvalue weighted by molar-refractivity contribution is 0.818. The van der Waals surface area contributed by atoms with Gasteiger partial charge in [0.15, 0.2) is 0 Å². The number of nitrogens with zero attached hydrogens (tertiary/aromatic N) is 2. The van der Waals surface area contributed by atoms with E-state index in [-0.39, 0.29) is 6.04 Å². The summed E-state index contributed by atoms with van der Waals surface area (Å²) in [6.45, 7) is 1.97. The molecule has 0 radical (unpaired) electrons. The van der Waals surface area contributed by atoms with Crippen molar-refractivity contribution in [3.8, 4) is 11.3 Å². The van der Waals surface area contributed by atoms with Crippen molar-refractivity contribution in [1.29, 1.82) is 0 Å². The molecule has 1 aromatic heterocycles. The van der Waals surface area contributed by atoms with E-state index in [1.54, 1.807) is 6.20 Å². The molecule has 0 aliphatic carbocycles. The molecule has 0 saturated carbocycles. The molecule has 0 amide bonds. The number of nitrogens with two attached hydrogens (primary N) is 1. The summed E-state index contributed by atoms with van der Waals surface area (Å²) in [5, 5.41) is 7.91. The van der Waals surface area contributed by atoms with E-state index in [1.807, 2.05) is 37.3 Å². The van der Waals surface area contributed by atoms with E-state index in [4.69, 9.17) is 5.73 Å². The van der Waals surface area contributed by atoms with Crippen LogP contribution in [0.5, 0.6) is 0 Å². The van der Waals surface area contributed by atoms with Gasteiger partial charge in [0, 0.05) is 17.8 Å². The summed E-state index contributed by atoms with van der Waals surface area (Å²) in [4.78, 5) is 0. The maximum absolute atomic E-state index is 5.82. The minimum atomic E-state index is 0.0432. The van der Waals surface area contributed by atoms with Gasteiger partial charge in [0.25, 0.3) is 0 Å². The second-order valence-electron chi connectivity index (χ2n) is 3.52. The summed E-state index contributed by atoms with van der Waals surface area (Å²) < 4.78 is 0. The smallest absolute Gasteiger partial charge is 0.0929 e. The summed E-state index contributed by atoms with van der Waals surface area (Å²) in [5.41, 5.74) is 8.86. The van der Waals surface area contributed by atoms with Crippen LogP contribution in [0.4, 0.5) is 0 Å². The fraction of sp³-hybridized carbons (Fsp3) is 0.167. The number of hydrogen-bond donors (Lipinski definition) is 1. The third-order valence-electron chi connectivity index (χ3n) is 2.28. The van der Waals surface area contributed by atoms with E-state index in [2.05, 4.69) is 16.3 Å². The predicted molar refractivity (Wildman–Crippen MR) is 60.1 cm³/mol. The summed E-state index contributed by atoms with van der Waals surface area (Å²) in [5.74, 6) is 0. The van der Waals surface area contributed by atoms with E-state index in [1.165, 1.54) is 0 Å². The minimum absolute atomic E-state index is 0.0432. The average Bonchev–Trinajstić information content (AvgIpc) is 2.30. The Bertz CT molecular complexity index is 438. The Balaban J connectivity index is 2.42. The van der Waals surface area contributed by atoms with Crippen molar-refractivity contribution < 1.29 is 0 Å². The molecule has 2 N–H and O–H groups in total. The molecule has 1 heterocycles. The molecule has 1 aromatic carbocycles. The average molecular weight is 199 g/mol. The monoisotopic (exact) mass is 199 g/mol. The number of hydrogen-bond acceptors (Lipinski definition) is 3. The summed E-state index contributed by atoms with van der Waals surface area (Å²) in [6, 6.07) is 11.9. The van der Waals surface area contributed by atoms with Gasteiger partial charge in [-0.1, -0.05) is 18.2 Å². The molecule has 2 rings (SSSR count). The molecule has 1 atom stereocenters. The Morgan fingerprint density at radius 1 is 1.20 bits per heavy atom. The Kier molecular flexibility index (Phi) is 2.74. The first-order valence-corrected chi connectivity index (χ1v) is 4.91. The van der Waals surface area contributed by atoms with Gasteiger partial charge >= 0.3 is 0 Å².